The summed E-state index contributed by atoms with van der Waals surface area (Å²) in [6.07, 6.45) is 1.04. The van der Waals surface area contributed by atoms with E-state index in [-0.39, 0.29) is 12.5 Å². The van der Waals surface area contributed by atoms with E-state index >= 15 is 0 Å². The number of hydrogen-bond acceptors (Lipinski definition) is 4. The monoisotopic (exact) mass is 326 g/mol. The van der Waals surface area contributed by atoms with E-state index in [2.05, 4.69) is 45.4 Å². The van der Waals surface area contributed by atoms with Crippen LogP contribution in [-0.4, -0.2) is 52.3 Å². The van der Waals surface area contributed by atoms with Crippen LogP contribution in [0.5, 0.6) is 0 Å². The molecule has 1 atom stereocenters. The first-order valence-corrected chi connectivity index (χ1v) is 8.26. The lowest BCUT2D eigenvalue weighted by Gasteiger charge is -2.15. The Labute approximate surface area is 136 Å². The van der Waals surface area contributed by atoms with Crippen LogP contribution in [0, 0.1) is 5.92 Å². The average Bonchev–Trinajstić information content (AvgIpc) is 3.00. The van der Waals surface area contributed by atoms with Crippen LogP contribution >= 0.6 is 11.3 Å². The third-order valence-electron chi connectivity index (χ3n) is 3.02. The lowest BCUT2D eigenvalue weighted by molar-refractivity contribution is -0.120. The summed E-state index contributed by atoms with van der Waals surface area (Å²) in [5.41, 5.74) is 0. The second-order valence-corrected chi connectivity index (χ2v) is 6.07. The van der Waals surface area contributed by atoms with Crippen molar-refractivity contribution in [1.29, 1.82) is 0 Å². The molecule has 0 spiro atoms. The van der Waals surface area contributed by atoms with Gasteiger partial charge >= 0.3 is 0 Å². The van der Waals surface area contributed by atoms with Crippen LogP contribution in [-0.2, 0) is 16.0 Å². The number of thiophene rings is 1. The van der Waals surface area contributed by atoms with Crippen molar-refractivity contribution in [3.8, 4) is 0 Å². The first-order valence-electron chi connectivity index (χ1n) is 7.38. The highest BCUT2D eigenvalue weighted by molar-refractivity contribution is 7.09. The standard InChI is InChI=1S/C15H26N4O2S/c1-12(9-13-5-4-8-22-13)10-18-15(16-2)19-11-14(20)17-6-7-21-3/h4-5,8,12H,6-7,9-11H2,1-3H3,(H,17,20)(H2,16,18,19). The van der Waals surface area contributed by atoms with Crippen molar-refractivity contribution in [2.45, 2.75) is 13.3 Å². The van der Waals surface area contributed by atoms with Gasteiger partial charge in [0.25, 0.3) is 0 Å². The predicted octanol–water partition coefficient (Wildman–Crippen LogP) is 0.854. The average molecular weight is 326 g/mol. The van der Waals surface area contributed by atoms with E-state index in [1.54, 1.807) is 25.5 Å². The Hall–Kier alpha value is -1.60. The molecule has 0 aliphatic heterocycles. The van der Waals surface area contributed by atoms with Crippen LogP contribution in [0.15, 0.2) is 22.5 Å². The zero-order chi connectivity index (χ0) is 16.2. The van der Waals surface area contributed by atoms with Gasteiger partial charge in [-0.25, -0.2) is 0 Å². The summed E-state index contributed by atoms with van der Waals surface area (Å²) >= 11 is 1.78. The van der Waals surface area contributed by atoms with Crippen LogP contribution in [0.3, 0.4) is 0 Å². The number of nitrogens with zero attached hydrogens (tertiary/aromatic N) is 1. The quantitative estimate of drug-likeness (QED) is 0.357. The molecule has 22 heavy (non-hydrogen) atoms. The Balaban J connectivity index is 2.20. The number of carbonyl (C=O) groups is 1. The highest BCUT2D eigenvalue weighted by Crippen LogP contribution is 2.13. The molecule has 1 aromatic rings. The molecule has 0 aliphatic carbocycles. The number of ether oxygens (including phenoxy) is 1. The topological polar surface area (TPSA) is 74.8 Å². The fourth-order valence-corrected chi connectivity index (χ4v) is 2.72. The normalized spacial score (nSPS) is 12.8. The summed E-state index contributed by atoms with van der Waals surface area (Å²) in [7, 11) is 3.30. The number of carbonyl (C=O) groups excluding carboxylic acids is 1. The highest BCUT2D eigenvalue weighted by Gasteiger charge is 2.07. The molecule has 0 bridgehead atoms. The van der Waals surface area contributed by atoms with Crippen molar-refractivity contribution in [3.05, 3.63) is 22.4 Å². The van der Waals surface area contributed by atoms with Crippen LogP contribution < -0.4 is 16.0 Å². The maximum atomic E-state index is 11.6. The molecule has 0 saturated heterocycles. The lowest BCUT2D eigenvalue weighted by Crippen LogP contribution is -2.44. The van der Waals surface area contributed by atoms with E-state index < -0.39 is 0 Å². The molecule has 0 aliphatic rings. The summed E-state index contributed by atoms with van der Waals surface area (Å²) in [6.45, 7) is 4.23. The highest BCUT2D eigenvalue weighted by atomic mass is 32.1. The molecule has 1 rings (SSSR count). The van der Waals surface area contributed by atoms with Crippen LogP contribution in [0.1, 0.15) is 11.8 Å². The molecular formula is C15H26N4O2S. The van der Waals surface area contributed by atoms with Gasteiger partial charge in [0.1, 0.15) is 0 Å². The van der Waals surface area contributed by atoms with Crippen molar-refractivity contribution in [1.82, 2.24) is 16.0 Å². The third kappa shape index (κ3) is 7.99. The van der Waals surface area contributed by atoms with Crippen molar-refractivity contribution in [3.63, 3.8) is 0 Å². The Kier molecular flexibility index (Phi) is 9.25. The van der Waals surface area contributed by atoms with Crippen LogP contribution in [0.25, 0.3) is 0 Å². The maximum absolute atomic E-state index is 11.6. The first kappa shape index (κ1) is 18.4. The number of nitrogens with one attached hydrogen (secondary N) is 3. The maximum Gasteiger partial charge on any atom is 0.239 e. The first-order chi connectivity index (χ1) is 10.7. The Morgan fingerprint density at radius 1 is 1.41 bits per heavy atom. The second-order valence-electron chi connectivity index (χ2n) is 5.04. The van der Waals surface area contributed by atoms with Gasteiger partial charge in [0, 0.05) is 32.1 Å². The number of hydrogen-bond donors (Lipinski definition) is 3. The zero-order valence-corrected chi connectivity index (χ0v) is 14.3. The number of guanidine groups is 1. The molecule has 0 saturated carbocycles. The van der Waals surface area contributed by atoms with Crippen molar-refractivity contribution < 1.29 is 9.53 Å². The van der Waals surface area contributed by atoms with E-state index in [9.17, 15) is 4.79 Å². The minimum absolute atomic E-state index is 0.0772. The lowest BCUT2D eigenvalue weighted by atomic mass is 10.1. The molecule has 1 heterocycles. The number of aliphatic imine (C=N–C) groups is 1. The minimum atomic E-state index is -0.0772. The Morgan fingerprint density at radius 2 is 2.23 bits per heavy atom. The fourth-order valence-electron chi connectivity index (χ4n) is 1.85. The van der Waals surface area contributed by atoms with E-state index in [0.29, 0.717) is 25.0 Å². The largest absolute Gasteiger partial charge is 0.383 e. The van der Waals surface area contributed by atoms with Gasteiger partial charge in [-0.1, -0.05) is 13.0 Å². The molecular weight excluding hydrogens is 300 g/mol. The zero-order valence-electron chi connectivity index (χ0n) is 13.5. The number of amides is 1. The van der Waals surface area contributed by atoms with E-state index in [4.69, 9.17) is 4.74 Å². The summed E-state index contributed by atoms with van der Waals surface area (Å²) in [4.78, 5) is 17.1. The fraction of sp³-hybridized carbons (Fsp3) is 0.600. The van der Waals surface area contributed by atoms with Gasteiger partial charge in [0.2, 0.25) is 5.91 Å². The molecule has 6 nitrogen and oxygen atoms in total. The molecule has 0 radical (unpaired) electrons. The number of rotatable bonds is 9. The third-order valence-corrected chi connectivity index (χ3v) is 3.91. The van der Waals surface area contributed by atoms with Crippen LogP contribution in [0.4, 0.5) is 0 Å². The van der Waals surface area contributed by atoms with Gasteiger partial charge in [-0.15, -0.1) is 11.3 Å². The van der Waals surface area contributed by atoms with E-state index in [0.717, 1.165) is 13.0 Å². The molecule has 1 aromatic heterocycles. The van der Waals surface area contributed by atoms with Crippen molar-refractivity contribution in [2.75, 3.05) is 40.4 Å². The van der Waals surface area contributed by atoms with Gasteiger partial charge in [-0.2, -0.15) is 0 Å². The van der Waals surface area contributed by atoms with Gasteiger partial charge in [0.05, 0.1) is 13.2 Å². The van der Waals surface area contributed by atoms with Crippen molar-refractivity contribution >= 4 is 23.2 Å². The smallest absolute Gasteiger partial charge is 0.239 e. The molecule has 1 unspecified atom stereocenters. The summed E-state index contributed by atoms with van der Waals surface area (Å²) in [6, 6.07) is 4.22. The summed E-state index contributed by atoms with van der Waals surface area (Å²) < 4.78 is 4.88. The van der Waals surface area contributed by atoms with Gasteiger partial charge < -0.3 is 20.7 Å². The molecule has 1 amide bonds. The van der Waals surface area contributed by atoms with Gasteiger partial charge in [-0.05, 0) is 23.8 Å². The van der Waals surface area contributed by atoms with E-state index in [1.807, 2.05) is 0 Å². The Bertz CT molecular complexity index is 448. The van der Waals surface area contributed by atoms with Gasteiger partial charge in [0.15, 0.2) is 5.96 Å². The Morgan fingerprint density at radius 3 is 2.86 bits per heavy atom. The SMILES string of the molecule is CN=C(NCC(=O)NCCOC)NCC(C)Cc1cccs1. The summed E-state index contributed by atoms with van der Waals surface area (Å²) in [5, 5.41) is 11.1. The molecule has 124 valence electrons. The predicted molar refractivity (Wildman–Crippen MR) is 91.4 cm³/mol. The summed E-state index contributed by atoms with van der Waals surface area (Å²) in [5.74, 6) is 1.05. The molecule has 0 aromatic carbocycles. The molecule has 3 N–H and O–H groups in total. The van der Waals surface area contributed by atoms with Gasteiger partial charge in [-0.3, -0.25) is 9.79 Å². The second kappa shape index (κ2) is 11.0. The molecule has 7 heteroatoms. The van der Waals surface area contributed by atoms with Crippen LogP contribution in [0.2, 0.25) is 0 Å². The van der Waals surface area contributed by atoms with Crippen molar-refractivity contribution in [2.24, 2.45) is 10.9 Å². The minimum Gasteiger partial charge on any atom is -0.383 e. The molecule has 0 fully saturated rings. The van der Waals surface area contributed by atoms with E-state index in [1.165, 1.54) is 4.88 Å². The number of methoxy groups -OCH3 is 1.